The number of carbonyl (C=O) groups excluding carboxylic acids is 1. The van der Waals surface area contributed by atoms with E-state index in [9.17, 15) is 4.79 Å². The maximum Gasteiger partial charge on any atom is 0.257 e. The van der Waals surface area contributed by atoms with Crippen molar-refractivity contribution in [2.45, 2.75) is 26.8 Å². The van der Waals surface area contributed by atoms with E-state index >= 15 is 0 Å². The van der Waals surface area contributed by atoms with Gasteiger partial charge in [0.05, 0.1) is 17.8 Å². The zero-order chi connectivity index (χ0) is 17.6. The number of nitrogens with zero attached hydrogens (tertiary/aromatic N) is 2. The zero-order valence-corrected chi connectivity index (χ0v) is 14.6. The Balaban J connectivity index is 1.80. The molecule has 0 bridgehead atoms. The van der Waals surface area contributed by atoms with Gasteiger partial charge in [0, 0.05) is 12.7 Å². The van der Waals surface area contributed by atoms with Gasteiger partial charge in [0.1, 0.15) is 11.5 Å². The van der Waals surface area contributed by atoms with Crippen LogP contribution in [0.5, 0.6) is 0 Å². The first-order valence-electron chi connectivity index (χ1n) is 8.43. The van der Waals surface area contributed by atoms with Gasteiger partial charge in [0.2, 0.25) is 0 Å². The number of furan rings is 1. The molecule has 0 fully saturated rings. The molecule has 2 heterocycles. The molecule has 3 aromatic rings. The number of benzene rings is 1. The average Bonchev–Trinajstić information content (AvgIpc) is 2.98. The van der Waals surface area contributed by atoms with Gasteiger partial charge in [-0.2, -0.15) is 0 Å². The molecule has 0 spiro atoms. The van der Waals surface area contributed by atoms with Crippen molar-refractivity contribution in [1.82, 2.24) is 9.88 Å². The summed E-state index contributed by atoms with van der Waals surface area (Å²) in [4.78, 5) is 19.2. The van der Waals surface area contributed by atoms with Crippen molar-refractivity contribution < 1.29 is 9.21 Å². The van der Waals surface area contributed by atoms with Gasteiger partial charge in [-0.1, -0.05) is 36.4 Å². The Morgan fingerprint density at radius 1 is 1.08 bits per heavy atom. The van der Waals surface area contributed by atoms with Crippen LogP contribution in [0.1, 0.15) is 33.1 Å². The SMILES string of the molecule is Cc1cc(C(=O)N(CCc2ccccc2)Cc2ccccn2)c(C)o1. The molecule has 0 radical (unpaired) electrons. The molecule has 0 aliphatic carbocycles. The Morgan fingerprint density at radius 2 is 1.84 bits per heavy atom. The van der Waals surface area contributed by atoms with Crippen molar-refractivity contribution in [3.05, 3.63) is 89.1 Å². The predicted molar refractivity (Wildman–Crippen MR) is 97.3 cm³/mol. The van der Waals surface area contributed by atoms with E-state index in [-0.39, 0.29) is 5.91 Å². The van der Waals surface area contributed by atoms with Gasteiger partial charge in [0.25, 0.3) is 5.91 Å². The molecular formula is C21H22N2O2. The molecule has 1 amide bonds. The maximum absolute atomic E-state index is 13.0. The third kappa shape index (κ3) is 4.35. The Morgan fingerprint density at radius 3 is 2.48 bits per heavy atom. The molecule has 2 aromatic heterocycles. The largest absolute Gasteiger partial charge is 0.466 e. The van der Waals surface area contributed by atoms with Crippen molar-refractivity contribution in [2.75, 3.05) is 6.54 Å². The molecule has 128 valence electrons. The number of aryl methyl sites for hydroxylation is 2. The summed E-state index contributed by atoms with van der Waals surface area (Å²) in [6.07, 6.45) is 2.55. The van der Waals surface area contributed by atoms with Crippen LogP contribution in [0, 0.1) is 13.8 Å². The highest BCUT2D eigenvalue weighted by Gasteiger charge is 2.21. The summed E-state index contributed by atoms with van der Waals surface area (Å²) in [7, 11) is 0. The standard InChI is InChI=1S/C21H22N2O2/c1-16-14-20(17(2)25-16)21(24)23(15-19-10-6-7-12-22-19)13-11-18-8-4-3-5-9-18/h3-10,12,14H,11,13,15H2,1-2H3. The van der Waals surface area contributed by atoms with E-state index in [1.54, 1.807) is 6.20 Å². The first kappa shape index (κ1) is 17.0. The van der Waals surface area contributed by atoms with Gasteiger partial charge >= 0.3 is 0 Å². The second-order valence-corrected chi connectivity index (χ2v) is 6.11. The monoisotopic (exact) mass is 334 g/mol. The molecule has 4 nitrogen and oxygen atoms in total. The van der Waals surface area contributed by atoms with Gasteiger partial charge < -0.3 is 9.32 Å². The van der Waals surface area contributed by atoms with Crippen LogP contribution >= 0.6 is 0 Å². The van der Waals surface area contributed by atoms with Crippen LogP contribution in [0.15, 0.2) is 65.2 Å². The molecule has 1 aromatic carbocycles. The van der Waals surface area contributed by atoms with Gasteiger partial charge in [-0.15, -0.1) is 0 Å². The highest BCUT2D eigenvalue weighted by molar-refractivity contribution is 5.95. The molecule has 4 heteroatoms. The number of rotatable bonds is 6. The van der Waals surface area contributed by atoms with E-state index in [1.807, 2.05) is 61.2 Å². The number of aromatic nitrogens is 1. The summed E-state index contributed by atoms with van der Waals surface area (Å²) in [6.45, 7) is 4.80. The van der Waals surface area contributed by atoms with Crippen LogP contribution in [0.2, 0.25) is 0 Å². The van der Waals surface area contributed by atoms with Gasteiger partial charge in [-0.25, -0.2) is 0 Å². The number of amides is 1. The van der Waals surface area contributed by atoms with Crippen molar-refractivity contribution in [2.24, 2.45) is 0 Å². The Labute approximate surface area is 148 Å². The van der Waals surface area contributed by atoms with E-state index in [4.69, 9.17) is 4.42 Å². The van der Waals surface area contributed by atoms with E-state index in [0.29, 0.717) is 24.4 Å². The molecule has 0 unspecified atom stereocenters. The summed E-state index contributed by atoms with van der Waals surface area (Å²) < 4.78 is 5.54. The number of carbonyl (C=O) groups is 1. The lowest BCUT2D eigenvalue weighted by molar-refractivity contribution is 0.0741. The van der Waals surface area contributed by atoms with E-state index in [0.717, 1.165) is 17.9 Å². The van der Waals surface area contributed by atoms with Crippen LogP contribution in [0.25, 0.3) is 0 Å². The average molecular weight is 334 g/mol. The van der Waals surface area contributed by atoms with Crippen LogP contribution in [-0.2, 0) is 13.0 Å². The molecule has 0 atom stereocenters. The smallest absolute Gasteiger partial charge is 0.257 e. The number of hydrogen-bond acceptors (Lipinski definition) is 3. The predicted octanol–water partition coefficient (Wildman–Crippen LogP) is 4.18. The van der Waals surface area contributed by atoms with Gasteiger partial charge in [0.15, 0.2) is 0 Å². The molecule has 0 aliphatic rings. The molecule has 0 saturated heterocycles. The van der Waals surface area contributed by atoms with Crippen LogP contribution in [0.3, 0.4) is 0 Å². The minimum absolute atomic E-state index is 0.0177. The van der Waals surface area contributed by atoms with E-state index in [2.05, 4.69) is 17.1 Å². The van der Waals surface area contributed by atoms with Crippen molar-refractivity contribution >= 4 is 5.91 Å². The van der Waals surface area contributed by atoms with Crippen molar-refractivity contribution in [3.63, 3.8) is 0 Å². The van der Waals surface area contributed by atoms with E-state index in [1.165, 1.54) is 5.56 Å². The first-order valence-corrected chi connectivity index (χ1v) is 8.43. The summed E-state index contributed by atoms with van der Waals surface area (Å²) in [5.74, 6) is 1.39. The Hall–Kier alpha value is -2.88. The molecular weight excluding hydrogens is 312 g/mol. The lowest BCUT2D eigenvalue weighted by atomic mass is 10.1. The molecule has 3 rings (SSSR count). The fraction of sp³-hybridized carbons (Fsp3) is 0.238. The lowest BCUT2D eigenvalue weighted by Gasteiger charge is -2.22. The topological polar surface area (TPSA) is 46.3 Å². The third-order valence-corrected chi connectivity index (χ3v) is 4.15. The summed E-state index contributed by atoms with van der Waals surface area (Å²) in [6, 6.07) is 17.8. The van der Waals surface area contributed by atoms with Crippen molar-refractivity contribution in [1.29, 1.82) is 0 Å². The fourth-order valence-electron chi connectivity index (χ4n) is 2.86. The van der Waals surface area contributed by atoms with Crippen LogP contribution < -0.4 is 0 Å². The second kappa shape index (κ2) is 7.79. The lowest BCUT2D eigenvalue weighted by Crippen LogP contribution is -2.33. The first-order chi connectivity index (χ1) is 12.1. The summed E-state index contributed by atoms with van der Waals surface area (Å²) >= 11 is 0. The summed E-state index contributed by atoms with van der Waals surface area (Å²) in [5, 5.41) is 0. The quantitative estimate of drug-likeness (QED) is 0.679. The highest BCUT2D eigenvalue weighted by Crippen LogP contribution is 2.18. The van der Waals surface area contributed by atoms with Crippen LogP contribution in [-0.4, -0.2) is 22.3 Å². The Kier molecular flexibility index (Phi) is 5.29. The minimum atomic E-state index is -0.0177. The van der Waals surface area contributed by atoms with Gasteiger partial charge in [-0.3, -0.25) is 9.78 Å². The molecule has 0 saturated carbocycles. The minimum Gasteiger partial charge on any atom is -0.466 e. The number of hydrogen-bond donors (Lipinski definition) is 0. The number of pyridine rings is 1. The molecule has 0 aliphatic heterocycles. The second-order valence-electron chi connectivity index (χ2n) is 6.11. The van der Waals surface area contributed by atoms with E-state index < -0.39 is 0 Å². The maximum atomic E-state index is 13.0. The zero-order valence-electron chi connectivity index (χ0n) is 14.6. The third-order valence-electron chi connectivity index (χ3n) is 4.15. The molecule has 0 N–H and O–H groups in total. The highest BCUT2D eigenvalue weighted by atomic mass is 16.3. The summed E-state index contributed by atoms with van der Waals surface area (Å²) in [5.41, 5.74) is 2.71. The Bertz CT molecular complexity index is 826. The molecule has 25 heavy (non-hydrogen) atoms. The normalized spacial score (nSPS) is 10.6. The fourth-order valence-corrected chi connectivity index (χ4v) is 2.86. The van der Waals surface area contributed by atoms with Crippen molar-refractivity contribution in [3.8, 4) is 0 Å². The van der Waals surface area contributed by atoms with Gasteiger partial charge in [-0.05, 0) is 44.0 Å². The van der Waals surface area contributed by atoms with Crippen LogP contribution in [0.4, 0.5) is 0 Å².